The van der Waals surface area contributed by atoms with Crippen LogP contribution < -0.4 is 10.5 Å². The van der Waals surface area contributed by atoms with E-state index in [9.17, 15) is 4.79 Å². The minimum atomic E-state index is -0.197. The smallest absolute Gasteiger partial charge is 0.235 e. The molecule has 0 saturated carbocycles. The molecule has 0 radical (unpaired) electrons. The number of nitrogens with zero attached hydrogens (tertiary/aromatic N) is 1. The molecule has 132 valence electrons. The highest BCUT2D eigenvalue weighted by Crippen LogP contribution is 2.44. The van der Waals surface area contributed by atoms with Crippen LogP contribution in [0, 0.1) is 12.3 Å². The van der Waals surface area contributed by atoms with E-state index in [1.807, 2.05) is 13.0 Å². The number of rotatable bonds is 4. The molecule has 24 heavy (non-hydrogen) atoms. The van der Waals surface area contributed by atoms with E-state index in [1.165, 1.54) is 5.56 Å². The highest BCUT2D eigenvalue weighted by atomic mass is 16.5. The lowest BCUT2D eigenvalue weighted by Crippen LogP contribution is -2.59. The fourth-order valence-electron chi connectivity index (χ4n) is 4.51. The average Bonchev–Trinajstić information content (AvgIpc) is 2.55. The number of methoxy groups -OCH3 is 1. The van der Waals surface area contributed by atoms with E-state index in [-0.39, 0.29) is 17.4 Å². The lowest BCUT2D eigenvalue weighted by Gasteiger charge is -2.50. The Balaban J connectivity index is 1.83. The monoisotopic (exact) mass is 332 g/mol. The summed E-state index contributed by atoms with van der Waals surface area (Å²) in [5.74, 6) is 0.701. The molecule has 1 amide bonds. The first-order valence-electron chi connectivity index (χ1n) is 8.80. The van der Waals surface area contributed by atoms with Crippen LogP contribution in [0.3, 0.4) is 0 Å². The van der Waals surface area contributed by atoms with Gasteiger partial charge in [-0.2, -0.15) is 0 Å². The Bertz CT molecular complexity index is 591. The Morgan fingerprint density at radius 3 is 2.75 bits per heavy atom. The van der Waals surface area contributed by atoms with Gasteiger partial charge in [-0.1, -0.05) is 12.1 Å². The van der Waals surface area contributed by atoms with E-state index in [1.54, 1.807) is 7.11 Å². The largest absolute Gasteiger partial charge is 0.496 e. The number of likely N-dealkylation sites (tertiary alicyclic amines) is 1. The summed E-state index contributed by atoms with van der Waals surface area (Å²) in [4.78, 5) is 14.6. The zero-order valence-electron chi connectivity index (χ0n) is 14.7. The predicted octanol–water partition coefficient (Wildman–Crippen LogP) is 2.25. The molecule has 5 nitrogen and oxygen atoms in total. The number of ether oxygens (including phenoxy) is 2. The van der Waals surface area contributed by atoms with Gasteiger partial charge in [-0.3, -0.25) is 9.69 Å². The normalized spacial score (nSPS) is 24.0. The Morgan fingerprint density at radius 1 is 1.38 bits per heavy atom. The first-order chi connectivity index (χ1) is 11.6. The Labute approximate surface area is 144 Å². The SMILES string of the molecule is COc1ccc(CN2CCCC3(CCOCC3)C2C(N)=O)cc1C. The number of carbonyl (C=O) groups excluding carboxylic acids is 1. The number of amides is 1. The molecule has 1 spiro atoms. The van der Waals surface area contributed by atoms with Gasteiger partial charge in [0.2, 0.25) is 5.91 Å². The van der Waals surface area contributed by atoms with E-state index >= 15 is 0 Å². The van der Waals surface area contributed by atoms with E-state index in [2.05, 4.69) is 17.0 Å². The minimum Gasteiger partial charge on any atom is -0.496 e. The first kappa shape index (κ1) is 17.2. The number of hydrogen-bond donors (Lipinski definition) is 1. The second-order valence-corrected chi connectivity index (χ2v) is 7.16. The summed E-state index contributed by atoms with van der Waals surface area (Å²) in [6.45, 7) is 5.19. The first-order valence-corrected chi connectivity index (χ1v) is 8.80. The summed E-state index contributed by atoms with van der Waals surface area (Å²) >= 11 is 0. The number of aryl methyl sites for hydroxylation is 1. The van der Waals surface area contributed by atoms with E-state index < -0.39 is 0 Å². The number of carbonyl (C=O) groups is 1. The molecule has 0 aromatic heterocycles. The van der Waals surface area contributed by atoms with Crippen molar-refractivity contribution in [1.82, 2.24) is 4.90 Å². The number of primary amides is 1. The maximum absolute atomic E-state index is 12.3. The summed E-state index contributed by atoms with van der Waals surface area (Å²) in [5, 5.41) is 0. The van der Waals surface area contributed by atoms with E-state index in [0.717, 1.165) is 63.3 Å². The van der Waals surface area contributed by atoms with Crippen molar-refractivity contribution in [2.75, 3.05) is 26.9 Å². The van der Waals surface area contributed by atoms with Crippen LogP contribution >= 0.6 is 0 Å². The van der Waals surface area contributed by atoms with Crippen LogP contribution in [0.5, 0.6) is 5.75 Å². The molecule has 0 aliphatic carbocycles. The van der Waals surface area contributed by atoms with Gasteiger partial charge in [-0.25, -0.2) is 0 Å². The summed E-state index contributed by atoms with van der Waals surface area (Å²) in [6.07, 6.45) is 4.04. The van der Waals surface area contributed by atoms with Crippen LogP contribution in [0.4, 0.5) is 0 Å². The van der Waals surface area contributed by atoms with Gasteiger partial charge in [0.15, 0.2) is 0 Å². The quantitative estimate of drug-likeness (QED) is 0.918. The third-order valence-electron chi connectivity index (χ3n) is 5.67. The lowest BCUT2D eigenvalue weighted by atomic mass is 9.67. The maximum Gasteiger partial charge on any atom is 0.235 e. The standard InChI is InChI=1S/C19H28N2O3/c1-14-12-15(4-5-16(14)23-2)13-21-9-3-6-19(17(21)18(20)22)7-10-24-11-8-19/h4-5,12,17H,3,6-11,13H2,1-2H3,(H2,20,22). The molecule has 1 aromatic carbocycles. The number of benzene rings is 1. The molecular formula is C19H28N2O3. The van der Waals surface area contributed by atoms with Crippen LogP contribution in [0.2, 0.25) is 0 Å². The second kappa shape index (κ2) is 7.11. The van der Waals surface area contributed by atoms with Crippen molar-refractivity contribution in [3.8, 4) is 5.75 Å². The molecule has 3 rings (SSSR count). The topological polar surface area (TPSA) is 64.8 Å². The molecule has 2 fully saturated rings. The molecule has 1 unspecified atom stereocenters. The fourth-order valence-corrected chi connectivity index (χ4v) is 4.51. The average molecular weight is 332 g/mol. The minimum absolute atomic E-state index is 0.0101. The van der Waals surface area contributed by atoms with Gasteiger partial charge in [0.05, 0.1) is 13.2 Å². The summed E-state index contributed by atoms with van der Waals surface area (Å²) in [7, 11) is 1.69. The lowest BCUT2D eigenvalue weighted by molar-refractivity contribution is -0.138. The molecule has 0 bridgehead atoms. The summed E-state index contributed by atoms with van der Waals surface area (Å²) in [5.41, 5.74) is 8.15. The van der Waals surface area contributed by atoms with Gasteiger partial charge in [-0.15, -0.1) is 0 Å². The van der Waals surface area contributed by atoms with E-state index in [0.29, 0.717) is 0 Å². The van der Waals surface area contributed by atoms with Gasteiger partial charge in [0.1, 0.15) is 5.75 Å². The van der Waals surface area contributed by atoms with Crippen molar-refractivity contribution in [2.45, 2.75) is 45.2 Å². The third kappa shape index (κ3) is 3.28. The van der Waals surface area contributed by atoms with Crippen LogP contribution in [0.25, 0.3) is 0 Å². The highest BCUT2D eigenvalue weighted by Gasteiger charge is 2.48. The number of piperidine rings is 1. The third-order valence-corrected chi connectivity index (χ3v) is 5.67. The van der Waals surface area contributed by atoms with Crippen LogP contribution in [0.1, 0.15) is 36.8 Å². The molecule has 5 heteroatoms. The zero-order chi connectivity index (χ0) is 17.2. The number of hydrogen-bond acceptors (Lipinski definition) is 4. The summed E-state index contributed by atoms with van der Waals surface area (Å²) < 4.78 is 10.9. The molecular weight excluding hydrogens is 304 g/mol. The molecule has 2 N–H and O–H groups in total. The van der Waals surface area contributed by atoms with Crippen molar-refractivity contribution in [2.24, 2.45) is 11.1 Å². The van der Waals surface area contributed by atoms with Crippen molar-refractivity contribution >= 4 is 5.91 Å². The van der Waals surface area contributed by atoms with Crippen molar-refractivity contribution in [3.63, 3.8) is 0 Å². The van der Waals surface area contributed by atoms with Crippen LogP contribution in [-0.2, 0) is 16.1 Å². The van der Waals surface area contributed by atoms with E-state index in [4.69, 9.17) is 15.2 Å². The van der Waals surface area contributed by atoms with Gasteiger partial charge in [-0.05, 0) is 61.8 Å². The van der Waals surface area contributed by atoms with Crippen LogP contribution in [-0.4, -0.2) is 43.7 Å². The Hall–Kier alpha value is -1.59. The fraction of sp³-hybridized carbons (Fsp3) is 0.632. The van der Waals surface area contributed by atoms with Crippen molar-refractivity contribution in [1.29, 1.82) is 0 Å². The Kier molecular flexibility index (Phi) is 5.11. The molecule has 2 heterocycles. The van der Waals surface area contributed by atoms with Gasteiger partial charge in [0.25, 0.3) is 0 Å². The molecule has 2 saturated heterocycles. The van der Waals surface area contributed by atoms with Crippen molar-refractivity contribution in [3.05, 3.63) is 29.3 Å². The Morgan fingerprint density at radius 2 is 2.12 bits per heavy atom. The second-order valence-electron chi connectivity index (χ2n) is 7.16. The number of nitrogens with two attached hydrogens (primary N) is 1. The van der Waals surface area contributed by atoms with Gasteiger partial charge in [0, 0.05) is 19.8 Å². The summed E-state index contributed by atoms with van der Waals surface area (Å²) in [6, 6.07) is 6.02. The van der Waals surface area contributed by atoms with Gasteiger partial charge < -0.3 is 15.2 Å². The van der Waals surface area contributed by atoms with Crippen molar-refractivity contribution < 1.29 is 14.3 Å². The molecule has 1 atom stereocenters. The predicted molar refractivity (Wildman–Crippen MR) is 92.8 cm³/mol. The molecule has 2 aliphatic heterocycles. The molecule has 1 aromatic rings. The van der Waals surface area contributed by atoms with Crippen LogP contribution in [0.15, 0.2) is 18.2 Å². The van der Waals surface area contributed by atoms with Gasteiger partial charge >= 0.3 is 0 Å². The highest BCUT2D eigenvalue weighted by molar-refractivity contribution is 5.81. The maximum atomic E-state index is 12.3. The molecule has 2 aliphatic rings. The zero-order valence-corrected chi connectivity index (χ0v) is 14.7.